The van der Waals surface area contributed by atoms with E-state index in [9.17, 15) is 26.3 Å². The first kappa shape index (κ1) is 22.3. The lowest BCUT2D eigenvalue weighted by molar-refractivity contribution is -0.142. The Kier molecular flexibility index (Phi) is 5.94. The van der Waals surface area contributed by atoms with Gasteiger partial charge in [-0.2, -0.15) is 26.3 Å². The molecule has 32 heavy (non-hydrogen) atoms. The lowest BCUT2D eigenvalue weighted by Crippen LogP contribution is -2.44. The highest BCUT2D eigenvalue weighted by Crippen LogP contribution is 2.38. The van der Waals surface area contributed by atoms with Gasteiger partial charge in [0.05, 0.1) is 17.2 Å². The van der Waals surface area contributed by atoms with Crippen molar-refractivity contribution < 1.29 is 35.7 Å². The molecule has 0 fully saturated rings. The van der Waals surface area contributed by atoms with Crippen molar-refractivity contribution in [3.8, 4) is 5.75 Å². The smallest absolute Gasteiger partial charge is 0.532 e. The molecule has 0 aliphatic carbocycles. The summed E-state index contributed by atoms with van der Waals surface area (Å²) in [4.78, 5) is 0. The van der Waals surface area contributed by atoms with E-state index >= 15 is 0 Å². The Bertz CT molecular complexity index is 1050. The van der Waals surface area contributed by atoms with Crippen LogP contribution < -0.4 is 10.1 Å². The summed E-state index contributed by atoms with van der Waals surface area (Å²) in [5, 5.41) is 0. The molecule has 0 amide bonds. The molecule has 1 atom stereocenters. The molecule has 0 N–H and O–H groups in total. The summed E-state index contributed by atoms with van der Waals surface area (Å²) >= 11 is 0. The number of hydrogen-bond acceptors (Lipinski definition) is 2. The van der Waals surface area contributed by atoms with Crippen molar-refractivity contribution >= 4 is 12.6 Å². The monoisotopic (exact) mass is 450 g/mol. The predicted octanol–water partition coefficient (Wildman–Crippen LogP) is 6.20. The molecule has 0 saturated heterocycles. The molecule has 0 radical (unpaired) electrons. The fourth-order valence-corrected chi connectivity index (χ4v) is 3.65. The summed E-state index contributed by atoms with van der Waals surface area (Å²) in [6, 6.07) is 17.7. The molecule has 1 unspecified atom stereocenters. The fraction of sp³-hybridized carbons (Fsp3) is 0.217. The second-order valence-electron chi connectivity index (χ2n) is 7.48. The Hall–Kier alpha value is -2.94. The number of aryl methyl sites for hydroxylation is 1. The van der Waals surface area contributed by atoms with Crippen LogP contribution >= 0.6 is 0 Å². The number of hydrogen-bond donors (Lipinski definition) is 0. The average molecular weight is 450 g/mol. The first-order chi connectivity index (χ1) is 15.1. The summed E-state index contributed by atoms with van der Waals surface area (Å²) in [6.45, 7) is 0. The third kappa shape index (κ3) is 4.93. The van der Waals surface area contributed by atoms with Crippen LogP contribution in [0.4, 0.5) is 26.3 Å². The number of fused-ring (bicyclic) bond motifs is 1. The van der Waals surface area contributed by atoms with Gasteiger partial charge in [0.2, 0.25) is 0 Å². The number of alkyl halides is 6. The molecule has 3 aromatic carbocycles. The topological polar surface area (TPSA) is 18.5 Å². The van der Waals surface area contributed by atoms with Gasteiger partial charge in [-0.15, -0.1) is 0 Å². The molecule has 3 aromatic rings. The van der Waals surface area contributed by atoms with Gasteiger partial charge in [0, 0.05) is 5.56 Å². The van der Waals surface area contributed by atoms with Gasteiger partial charge in [-0.3, -0.25) is 0 Å². The van der Waals surface area contributed by atoms with E-state index in [2.05, 4.69) is 0 Å². The van der Waals surface area contributed by atoms with Crippen LogP contribution in [0.1, 0.15) is 34.8 Å². The van der Waals surface area contributed by atoms with E-state index < -0.39 is 36.7 Å². The molecular formula is C23H17BF6O2. The zero-order valence-corrected chi connectivity index (χ0v) is 16.6. The lowest BCUT2D eigenvalue weighted by atomic mass is 9.75. The summed E-state index contributed by atoms with van der Waals surface area (Å²) in [7, 11) is -1.41. The van der Waals surface area contributed by atoms with Crippen molar-refractivity contribution in [2.24, 2.45) is 0 Å². The van der Waals surface area contributed by atoms with Crippen molar-refractivity contribution in [2.75, 3.05) is 0 Å². The Morgan fingerprint density at radius 3 is 1.97 bits per heavy atom. The number of rotatable bonds is 4. The Morgan fingerprint density at radius 2 is 1.34 bits per heavy atom. The first-order valence-electron chi connectivity index (χ1n) is 9.85. The summed E-state index contributed by atoms with van der Waals surface area (Å²) < 4.78 is 91.2. The molecule has 0 spiro atoms. The molecule has 2 nitrogen and oxygen atoms in total. The van der Waals surface area contributed by atoms with Crippen molar-refractivity contribution in [3.05, 3.63) is 95.1 Å². The van der Waals surface area contributed by atoms with E-state index in [-0.39, 0.29) is 11.5 Å². The van der Waals surface area contributed by atoms with E-state index in [4.69, 9.17) is 9.31 Å². The normalized spacial score (nSPS) is 16.4. The third-order valence-electron chi connectivity index (χ3n) is 5.21. The van der Waals surface area contributed by atoms with Crippen LogP contribution in [-0.2, 0) is 23.4 Å². The molecule has 166 valence electrons. The fourth-order valence-electron chi connectivity index (χ4n) is 3.65. The van der Waals surface area contributed by atoms with Crippen molar-refractivity contribution in [1.29, 1.82) is 0 Å². The van der Waals surface area contributed by atoms with Crippen LogP contribution in [0, 0.1) is 0 Å². The maximum Gasteiger partial charge on any atom is 0.563 e. The number of benzene rings is 3. The largest absolute Gasteiger partial charge is 0.563 e. The average Bonchev–Trinajstić information content (AvgIpc) is 2.76. The zero-order chi connectivity index (χ0) is 22.9. The Morgan fingerprint density at radius 1 is 0.750 bits per heavy atom. The van der Waals surface area contributed by atoms with Crippen molar-refractivity contribution in [2.45, 2.75) is 31.3 Å². The number of halogens is 6. The number of para-hydroxylation sites is 1. The second-order valence-corrected chi connectivity index (χ2v) is 7.48. The lowest BCUT2D eigenvalue weighted by Gasteiger charge is -2.31. The van der Waals surface area contributed by atoms with E-state index in [0.717, 1.165) is 5.56 Å². The molecule has 1 aliphatic heterocycles. The van der Waals surface area contributed by atoms with Gasteiger partial charge < -0.3 is 9.31 Å². The molecule has 1 heterocycles. The minimum Gasteiger partial charge on any atom is -0.532 e. The minimum absolute atomic E-state index is 0.0904. The van der Waals surface area contributed by atoms with Crippen LogP contribution in [0.5, 0.6) is 5.75 Å². The third-order valence-corrected chi connectivity index (χ3v) is 5.21. The summed E-state index contributed by atoms with van der Waals surface area (Å²) in [5.41, 5.74) is -1.42. The van der Waals surface area contributed by atoms with Crippen LogP contribution in [-0.4, -0.2) is 7.12 Å². The molecular weight excluding hydrogens is 433 g/mol. The van der Waals surface area contributed by atoms with Gasteiger partial charge in [-0.1, -0.05) is 48.5 Å². The van der Waals surface area contributed by atoms with Crippen LogP contribution in [0.25, 0.3) is 0 Å². The molecule has 0 aromatic heterocycles. The van der Waals surface area contributed by atoms with Crippen LogP contribution in [0.2, 0.25) is 0 Å². The summed E-state index contributed by atoms with van der Waals surface area (Å²) in [5.74, 6) is 0.368. The van der Waals surface area contributed by atoms with Crippen LogP contribution in [0.3, 0.4) is 0 Å². The maximum atomic E-state index is 13.3. The van der Waals surface area contributed by atoms with E-state index in [0.29, 0.717) is 36.3 Å². The molecule has 4 rings (SSSR count). The molecule has 0 saturated carbocycles. The van der Waals surface area contributed by atoms with E-state index in [1.54, 1.807) is 24.3 Å². The highest BCUT2D eigenvalue weighted by molar-refractivity contribution is 6.62. The van der Waals surface area contributed by atoms with Gasteiger partial charge in [0.25, 0.3) is 0 Å². The quantitative estimate of drug-likeness (QED) is 0.348. The zero-order valence-electron chi connectivity index (χ0n) is 16.6. The van der Waals surface area contributed by atoms with Gasteiger partial charge in [0.15, 0.2) is 0 Å². The highest BCUT2D eigenvalue weighted by atomic mass is 19.4. The SMILES string of the molecule is FC(F)(F)c1cc(B2Oc3ccccc3C(CCc3ccccc3)O2)cc(C(F)(F)F)c1. The molecule has 0 bridgehead atoms. The highest BCUT2D eigenvalue weighted by Gasteiger charge is 2.41. The second kappa shape index (κ2) is 8.54. The van der Waals surface area contributed by atoms with Crippen molar-refractivity contribution in [3.63, 3.8) is 0 Å². The van der Waals surface area contributed by atoms with Gasteiger partial charge in [0.1, 0.15) is 5.75 Å². The molecule has 1 aliphatic rings. The Balaban J connectivity index is 1.68. The van der Waals surface area contributed by atoms with Crippen LogP contribution in [0.15, 0.2) is 72.8 Å². The summed E-state index contributed by atoms with van der Waals surface area (Å²) in [6.07, 6.45) is -9.37. The standard InChI is InChI=1S/C23H17BF6O2/c25-22(26,27)16-12-17(23(28,29)30)14-18(13-16)24-31-20-9-5-4-8-19(20)21(32-24)11-10-15-6-2-1-3-7-15/h1-9,12-14,21H,10-11H2. The van der Waals surface area contributed by atoms with Gasteiger partial charge in [-0.25, -0.2) is 0 Å². The van der Waals surface area contributed by atoms with Crippen molar-refractivity contribution in [1.82, 2.24) is 0 Å². The van der Waals surface area contributed by atoms with Gasteiger partial charge >= 0.3 is 19.5 Å². The van der Waals surface area contributed by atoms with Gasteiger partial charge in [-0.05, 0) is 48.1 Å². The van der Waals surface area contributed by atoms with E-state index in [1.165, 1.54) is 0 Å². The maximum absolute atomic E-state index is 13.3. The minimum atomic E-state index is -4.95. The Labute approximate surface area is 180 Å². The molecule has 9 heteroatoms. The first-order valence-corrected chi connectivity index (χ1v) is 9.85. The van der Waals surface area contributed by atoms with E-state index in [1.807, 2.05) is 30.3 Å². The predicted molar refractivity (Wildman–Crippen MR) is 107 cm³/mol.